The van der Waals surface area contributed by atoms with Gasteiger partial charge in [-0.2, -0.15) is 5.26 Å². The number of carbonyl (C=O) groups excluding carboxylic acids is 1. The molecule has 2 aromatic rings. The number of methoxy groups -OCH3 is 1. The van der Waals surface area contributed by atoms with Crippen LogP contribution in [0.5, 0.6) is 5.75 Å². The van der Waals surface area contributed by atoms with Gasteiger partial charge in [0, 0.05) is 17.6 Å². The molecule has 0 spiro atoms. The summed E-state index contributed by atoms with van der Waals surface area (Å²) in [6.07, 6.45) is 1.34. The molecule has 0 aromatic heterocycles. The minimum Gasteiger partial charge on any atom is -0.495 e. The Morgan fingerprint density at radius 1 is 1.22 bits per heavy atom. The summed E-state index contributed by atoms with van der Waals surface area (Å²) in [5, 5.41) is 14.7. The van der Waals surface area contributed by atoms with Crippen LogP contribution in [-0.2, 0) is 4.79 Å². The molecule has 0 heterocycles. The van der Waals surface area contributed by atoms with Crippen LogP contribution in [0.3, 0.4) is 0 Å². The van der Waals surface area contributed by atoms with Crippen molar-refractivity contribution in [2.24, 2.45) is 0 Å². The van der Waals surface area contributed by atoms with Crippen molar-refractivity contribution in [1.82, 2.24) is 0 Å². The Morgan fingerprint density at radius 3 is 2.57 bits per heavy atom. The maximum atomic E-state index is 12.1. The van der Waals surface area contributed by atoms with Gasteiger partial charge in [-0.15, -0.1) is 0 Å². The van der Waals surface area contributed by atoms with Crippen LogP contribution in [0.25, 0.3) is 0 Å². The number of hydrogen-bond donors (Lipinski definition) is 3. The van der Waals surface area contributed by atoms with Crippen LogP contribution in [0.2, 0.25) is 0 Å². The molecule has 0 aliphatic carbocycles. The van der Waals surface area contributed by atoms with Gasteiger partial charge in [0.25, 0.3) is 5.91 Å². The third-order valence-electron chi connectivity index (χ3n) is 3.01. The van der Waals surface area contributed by atoms with Gasteiger partial charge in [0.2, 0.25) is 0 Å². The molecule has 0 aliphatic rings. The lowest BCUT2D eigenvalue weighted by Crippen LogP contribution is -2.14. The maximum absolute atomic E-state index is 12.1. The van der Waals surface area contributed by atoms with Crippen molar-refractivity contribution in [1.29, 1.82) is 5.26 Å². The molecule has 0 bridgehead atoms. The molecule has 6 heteroatoms. The summed E-state index contributed by atoms with van der Waals surface area (Å²) in [5.41, 5.74) is 7.33. The van der Waals surface area contributed by atoms with Crippen LogP contribution in [0.4, 0.5) is 17.1 Å². The molecule has 0 fully saturated rings. The molecule has 0 atom stereocenters. The van der Waals surface area contributed by atoms with Gasteiger partial charge in [0.1, 0.15) is 17.4 Å². The zero-order valence-electron chi connectivity index (χ0n) is 12.5. The number of ether oxygens (including phenoxy) is 1. The second-order valence-corrected chi connectivity index (χ2v) is 4.59. The van der Waals surface area contributed by atoms with E-state index in [9.17, 15) is 4.79 Å². The average Bonchev–Trinajstić information content (AvgIpc) is 2.58. The number of nitriles is 1. The van der Waals surface area contributed by atoms with Crippen LogP contribution >= 0.6 is 0 Å². The van der Waals surface area contributed by atoms with Gasteiger partial charge in [-0.1, -0.05) is 12.1 Å². The molecule has 0 saturated carbocycles. The van der Waals surface area contributed by atoms with Crippen LogP contribution in [0.1, 0.15) is 0 Å². The summed E-state index contributed by atoms with van der Waals surface area (Å²) in [6.45, 7) is 0. The average molecular weight is 308 g/mol. The van der Waals surface area contributed by atoms with E-state index >= 15 is 0 Å². The molecule has 1 amide bonds. The number of amides is 1. The summed E-state index contributed by atoms with van der Waals surface area (Å²) in [5.74, 6) is 0.0969. The molecule has 0 saturated heterocycles. The molecule has 4 N–H and O–H groups in total. The lowest BCUT2D eigenvalue weighted by molar-refractivity contribution is -0.112. The van der Waals surface area contributed by atoms with Crippen molar-refractivity contribution < 1.29 is 9.53 Å². The van der Waals surface area contributed by atoms with Crippen molar-refractivity contribution in [3.05, 3.63) is 60.3 Å². The second kappa shape index (κ2) is 7.52. The summed E-state index contributed by atoms with van der Waals surface area (Å²) in [7, 11) is 1.54. The van der Waals surface area contributed by atoms with Gasteiger partial charge in [0.15, 0.2) is 0 Å². The normalized spacial score (nSPS) is 10.5. The first kappa shape index (κ1) is 15.9. The Kier molecular flexibility index (Phi) is 5.21. The first-order valence-electron chi connectivity index (χ1n) is 6.80. The minimum atomic E-state index is -0.514. The van der Waals surface area contributed by atoms with Crippen LogP contribution in [0, 0.1) is 11.3 Å². The molecule has 23 heavy (non-hydrogen) atoms. The van der Waals surface area contributed by atoms with E-state index in [2.05, 4.69) is 10.6 Å². The quantitative estimate of drug-likeness (QED) is 0.448. The number of hydrogen-bond acceptors (Lipinski definition) is 5. The zero-order chi connectivity index (χ0) is 16.7. The van der Waals surface area contributed by atoms with Crippen molar-refractivity contribution in [3.63, 3.8) is 0 Å². The van der Waals surface area contributed by atoms with E-state index in [1.807, 2.05) is 18.2 Å². The van der Waals surface area contributed by atoms with E-state index in [0.29, 0.717) is 22.8 Å². The number of para-hydroxylation sites is 2. The van der Waals surface area contributed by atoms with E-state index in [1.165, 1.54) is 6.20 Å². The number of rotatable bonds is 5. The van der Waals surface area contributed by atoms with E-state index in [0.717, 1.165) is 0 Å². The lowest BCUT2D eigenvalue weighted by atomic mass is 10.2. The SMILES string of the molecule is COc1ccccc1N/C=C(/C#N)C(=O)Nc1ccc(N)cc1. The Balaban J connectivity index is 2.10. The monoisotopic (exact) mass is 308 g/mol. The van der Waals surface area contributed by atoms with Crippen LogP contribution in [-0.4, -0.2) is 13.0 Å². The molecular weight excluding hydrogens is 292 g/mol. The first-order valence-corrected chi connectivity index (χ1v) is 6.80. The van der Waals surface area contributed by atoms with Gasteiger partial charge in [0.05, 0.1) is 12.8 Å². The highest BCUT2D eigenvalue weighted by atomic mass is 16.5. The Hall–Kier alpha value is -3.46. The highest BCUT2D eigenvalue weighted by molar-refractivity contribution is 6.06. The molecule has 6 nitrogen and oxygen atoms in total. The summed E-state index contributed by atoms with van der Waals surface area (Å²) in [6, 6.07) is 15.7. The lowest BCUT2D eigenvalue weighted by Gasteiger charge is -2.08. The predicted octanol–water partition coefficient (Wildman–Crippen LogP) is 2.74. The first-order chi connectivity index (χ1) is 11.1. The topological polar surface area (TPSA) is 100 Å². The Bertz CT molecular complexity index is 761. The third-order valence-corrected chi connectivity index (χ3v) is 3.01. The molecular formula is C17H16N4O2. The number of nitrogens with two attached hydrogens (primary N) is 1. The smallest absolute Gasteiger partial charge is 0.267 e. The molecule has 2 rings (SSSR count). The van der Waals surface area contributed by atoms with Crippen LogP contribution < -0.4 is 21.1 Å². The van der Waals surface area contributed by atoms with Gasteiger partial charge in [-0.05, 0) is 36.4 Å². The number of anilines is 3. The summed E-state index contributed by atoms with van der Waals surface area (Å²) >= 11 is 0. The van der Waals surface area contributed by atoms with E-state index in [1.54, 1.807) is 43.5 Å². The van der Waals surface area contributed by atoms with E-state index in [4.69, 9.17) is 15.7 Å². The summed E-state index contributed by atoms with van der Waals surface area (Å²) < 4.78 is 5.19. The molecule has 2 aromatic carbocycles. The van der Waals surface area contributed by atoms with Crippen molar-refractivity contribution >= 4 is 23.0 Å². The van der Waals surface area contributed by atoms with Gasteiger partial charge in [-0.25, -0.2) is 0 Å². The highest BCUT2D eigenvalue weighted by Crippen LogP contribution is 2.23. The Morgan fingerprint density at radius 2 is 1.91 bits per heavy atom. The van der Waals surface area contributed by atoms with Gasteiger partial charge in [-0.3, -0.25) is 4.79 Å². The number of nitrogens with one attached hydrogen (secondary N) is 2. The largest absolute Gasteiger partial charge is 0.495 e. The number of nitrogen functional groups attached to an aromatic ring is 1. The van der Waals surface area contributed by atoms with Gasteiger partial charge < -0.3 is 21.1 Å². The molecule has 116 valence electrons. The second-order valence-electron chi connectivity index (χ2n) is 4.59. The third kappa shape index (κ3) is 4.25. The predicted molar refractivity (Wildman–Crippen MR) is 89.8 cm³/mol. The van der Waals surface area contributed by atoms with Gasteiger partial charge >= 0.3 is 0 Å². The van der Waals surface area contributed by atoms with Crippen molar-refractivity contribution in [2.75, 3.05) is 23.5 Å². The number of carbonyl (C=O) groups is 1. The molecule has 0 aliphatic heterocycles. The van der Waals surface area contributed by atoms with E-state index in [-0.39, 0.29) is 5.57 Å². The molecule has 0 unspecified atom stereocenters. The minimum absolute atomic E-state index is 0.0623. The fourth-order valence-corrected chi connectivity index (χ4v) is 1.83. The van der Waals surface area contributed by atoms with Crippen molar-refractivity contribution in [2.45, 2.75) is 0 Å². The molecule has 0 radical (unpaired) electrons. The van der Waals surface area contributed by atoms with Crippen molar-refractivity contribution in [3.8, 4) is 11.8 Å². The zero-order valence-corrected chi connectivity index (χ0v) is 12.5. The van der Waals surface area contributed by atoms with Crippen LogP contribution in [0.15, 0.2) is 60.3 Å². The maximum Gasteiger partial charge on any atom is 0.267 e. The fraction of sp³-hybridized carbons (Fsp3) is 0.0588. The standard InChI is InChI=1S/C17H16N4O2/c1-23-16-5-3-2-4-15(16)20-11-12(10-18)17(22)21-14-8-6-13(19)7-9-14/h2-9,11,20H,19H2,1H3,(H,21,22)/b12-11-. The number of nitrogens with zero attached hydrogens (tertiary/aromatic N) is 1. The van der Waals surface area contributed by atoms with E-state index < -0.39 is 5.91 Å². The fourth-order valence-electron chi connectivity index (χ4n) is 1.83. The summed E-state index contributed by atoms with van der Waals surface area (Å²) in [4.78, 5) is 12.1. The highest BCUT2D eigenvalue weighted by Gasteiger charge is 2.09. The Labute approximate surface area is 134 Å². The number of benzene rings is 2.